The molecule has 3 aromatic rings. The highest BCUT2D eigenvalue weighted by molar-refractivity contribution is 5.80. The molecule has 2 N–H and O–H groups in total. The fraction of sp³-hybridized carbons (Fsp3) is 0.409. The minimum atomic E-state index is -0.297. The molecule has 2 aromatic heterocycles. The van der Waals surface area contributed by atoms with E-state index in [1.165, 1.54) is 17.3 Å². The molecule has 0 aliphatic heterocycles. The van der Waals surface area contributed by atoms with Gasteiger partial charge in [-0.15, -0.1) is 0 Å². The van der Waals surface area contributed by atoms with Crippen molar-refractivity contribution in [2.45, 2.75) is 46.7 Å². The number of nitrogens with zero attached hydrogens (tertiary/aromatic N) is 5. The minimum Gasteiger partial charge on any atom is -0.357 e. The molecule has 0 radical (unpaired) electrons. The Balaban J connectivity index is 1.67. The number of halogens is 1. The van der Waals surface area contributed by atoms with Crippen LogP contribution in [0, 0.1) is 19.7 Å². The molecule has 0 fully saturated rings. The molecule has 1 unspecified atom stereocenters. The first kappa shape index (κ1) is 21.5. The summed E-state index contributed by atoms with van der Waals surface area (Å²) in [5.41, 5.74) is 4.77. The van der Waals surface area contributed by atoms with Gasteiger partial charge >= 0.3 is 0 Å². The van der Waals surface area contributed by atoms with Crippen LogP contribution < -0.4 is 10.6 Å². The van der Waals surface area contributed by atoms with Gasteiger partial charge in [0.2, 0.25) is 0 Å². The first-order valence-corrected chi connectivity index (χ1v) is 10.2. The minimum absolute atomic E-state index is 0.171. The first-order valence-electron chi connectivity index (χ1n) is 10.2. The van der Waals surface area contributed by atoms with Gasteiger partial charge in [-0.2, -0.15) is 5.10 Å². The van der Waals surface area contributed by atoms with E-state index in [1.54, 1.807) is 29.4 Å². The zero-order valence-corrected chi connectivity index (χ0v) is 18.3. The lowest BCUT2D eigenvalue weighted by Gasteiger charge is -2.18. The van der Waals surface area contributed by atoms with E-state index in [-0.39, 0.29) is 11.9 Å². The van der Waals surface area contributed by atoms with Crippen LogP contribution in [0.25, 0.3) is 5.69 Å². The summed E-state index contributed by atoms with van der Waals surface area (Å²) in [4.78, 5) is 8.60. The first-order chi connectivity index (χ1) is 14.4. The predicted octanol–water partition coefficient (Wildman–Crippen LogP) is 3.05. The van der Waals surface area contributed by atoms with Gasteiger partial charge in [0.15, 0.2) is 5.96 Å². The zero-order valence-electron chi connectivity index (χ0n) is 18.3. The van der Waals surface area contributed by atoms with Crippen LogP contribution in [0.1, 0.15) is 36.4 Å². The van der Waals surface area contributed by atoms with Gasteiger partial charge in [-0.1, -0.05) is 6.07 Å². The third-order valence-electron chi connectivity index (χ3n) is 5.11. The zero-order chi connectivity index (χ0) is 21.7. The van der Waals surface area contributed by atoms with Gasteiger partial charge < -0.3 is 15.2 Å². The van der Waals surface area contributed by atoms with Crippen LogP contribution in [-0.4, -0.2) is 37.9 Å². The smallest absolute Gasteiger partial charge is 0.191 e. The molecule has 2 heterocycles. The van der Waals surface area contributed by atoms with Crippen LogP contribution >= 0.6 is 0 Å². The summed E-state index contributed by atoms with van der Waals surface area (Å²) in [5, 5.41) is 11.2. The van der Waals surface area contributed by atoms with Crippen molar-refractivity contribution >= 4 is 5.96 Å². The Morgan fingerprint density at radius 1 is 1.30 bits per heavy atom. The second-order valence-electron chi connectivity index (χ2n) is 7.47. The Labute approximate surface area is 177 Å². The fourth-order valence-electron chi connectivity index (χ4n) is 3.45. The van der Waals surface area contributed by atoms with Crippen LogP contribution in [0.4, 0.5) is 4.39 Å². The average Bonchev–Trinajstić information content (AvgIpc) is 3.31. The number of rotatable bonds is 7. The number of aromatic nitrogens is 4. The predicted molar refractivity (Wildman–Crippen MR) is 117 cm³/mol. The second kappa shape index (κ2) is 9.56. The summed E-state index contributed by atoms with van der Waals surface area (Å²) >= 11 is 0. The molecule has 160 valence electrons. The van der Waals surface area contributed by atoms with Gasteiger partial charge in [-0.3, -0.25) is 4.68 Å². The average molecular weight is 412 g/mol. The number of imidazole rings is 1. The lowest BCUT2D eigenvalue weighted by atomic mass is 10.1. The van der Waals surface area contributed by atoms with E-state index in [4.69, 9.17) is 0 Å². The number of benzene rings is 1. The SMILES string of the molecule is CCNC(=NCc1ccc(-n2ccnc2)c(F)c1)NC(C)Cc1c(C)nn(C)c1C. The molecular weight excluding hydrogens is 381 g/mol. The Kier molecular flexibility index (Phi) is 6.87. The topological polar surface area (TPSA) is 72.1 Å². The summed E-state index contributed by atoms with van der Waals surface area (Å²) in [6, 6.07) is 5.33. The van der Waals surface area contributed by atoms with Crippen molar-refractivity contribution < 1.29 is 4.39 Å². The van der Waals surface area contributed by atoms with Crippen molar-refractivity contribution in [3.8, 4) is 5.69 Å². The maximum absolute atomic E-state index is 14.5. The number of hydrogen-bond acceptors (Lipinski definition) is 3. The molecule has 0 saturated heterocycles. The highest BCUT2D eigenvalue weighted by atomic mass is 19.1. The number of nitrogens with one attached hydrogen (secondary N) is 2. The van der Waals surface area contributed by atoms with Gasteiger partial charge in [-0.25, -0.2) is 14.4 Å². The molecule has 0 aliphatic rings. The van der Waals surface area contributed by atoms with Gasteiger partial charge in [0, 0.05) is 37.7 Å². The van der Waals surface area contributed by atoms with Crippen molar-refractivity contribution in [2.75, 3.05) is 6.54 Å². The largest absolute Gasteiger partial charge is 0.357 e. The molecule has 1 aromatic carbocycles. The Hall–Kier alpha value is -3.16. The molecule has 8 heteroatoms. The number of aryl methyl sites for hydroxylation is 2. The van der Waals surface area contributed by atoms with Gasteiger partial charge in [0.25, 0.3) is 0 Å². The van der Waals surface area contributed by atoms with Gasteiger partial charge in [-0.05, 0) is 57.4 Å². The van der Waals surface area contributed by atoms with E-state index in [0.717, 1.165) is 24.2 Å². The third kappa shape index (κ3) is 5.06. The Morgan fingerprint density at radius 3 is 2.70 bits per heavy atom. The summed E-state index contributed by atoms with van der Waals surface area (Å²) in [6.45, 7) is 9.40. The van der Waals surface area contributed by atoms with Crippen molar-refractivity contribution in [1.82, 2.24) is 30.0 Å². The van der Waals surface area contributed by atoms with Crippen molar-refractivity contribution in [2.24, 2.45) is 12.0 Å². The quantitative estimate of drug-likeness (QED) is 0.463. The summed E-state index contributed by atoms with van der Waals surface area (Å²) in [7, 11) is 1.96. The maximum atomic E-state index is 14.5. The van der Waals surface area contributed by atoms with Crippen LogP contribution in [0.3, 0.4) is 0 Å². The van der Waals surface area contributed by atoms with Gasteiger partial charge in [0.05, 0.1) is 24.3 Å². The Morgan fingerprint density at radius 2 is 2.10 bits per heavy atom. The molecule has 1 atom stereocenters. The normalized spacial score (nSPS) is 12.8. The monoisotopic (exact) mass is 411 g/mol. The maximum Gasteiger partial charge on any atom is 0.191 e. The van der Waals surface area contributed by atoms with E-state index < -0.39 is 0 Å². The molecule has 0 saturated carbocycles. The summed E-state index contributed by atoms with van der Waals surface area (Å²) < 4.78 is 18.0. The van der Waals surface area contributed by atoms with E-state index >= 15 is 0 Å². The van der Waals surface area contributed by atoms with E-state index in [9.17, 15) is 4.39 Å². The van der Waals surface area contributed by atoms with Crippen LogP contribution in [0.2, 0.25) is 0 Å². The molecule has 0 aliphatic carbocycles. The lowest BCUT2D eigenvalue weighted by Crippen LogP contribution is -2.43. The molecule has 0 amide bonds. The highest BCUT2D eigenvalue weighted by Crippen LogP contribution is 2.16. The summed E-state index contributed by atoms with van der Waals surface area (Å²) in [5.74, 6) is 0.415. The molecular formula is C22H30FN7. The van der Waals surface area contributed by atoms with E-state index in [1.807, 2.05) is 31.6 Å². The molecule has 0 bridgehead atoms. The van der Waals surface area contributed by atoms with E-state index in [0.29, 0.717) is 18.2 Å². The van der Waals surface area contributed by atoms with Crippen molar-refractivity contribution in [3.05, 3.63) is 65.3 Å². The Bertz CT molecular complexity index is 1000. The molecule has 7 nitrogen and oxygen atoms in total. The number of hydrogen-bond donors (Lipinski definition) is 2. The van der Waals surface area contributed by atoms with E-state index in [2.05, 4.69) is 39.6 Å². The fourth-order valence-corrected chi connectivity index (χ4v) is 3.45. The van der Waals surface area contributed by atoms with Crippen LogP contribution in [-0.2, 0) is 20.0 Å². The third-order valence-corrected chi connectivity index (χ3v) is 5.11. The summed E-state index contributed by atoms with van der Waals surface area (Å²) in [6.07, 6.45) is 5.78. The van der Waals surface area contributed by atoms with Crippen LogP contribution in [0.5, 0.6) is 0 Å². The molecule has 3 rings (SSSR count). The molecule has 30 heavy (non-hydrogen) atoms. The van der Waals surface area contributed by atoms with Crippen molar-refractivity contribution in [3.63, 3.8) is 0 Å². The number of guanidine groups is 1. The second-order valence-corrected chi connectivity index (χ2v) is 7.47. The van der Waals surface area contributed by atoms with Gasteiger partial charge in [0.1, 0.15) is 5.82 Å². The van der Waals surface area contributed by atoms with Crippen molar-refractivity contribution in [1.29, 1.82) is 0 Å². The standard InChI is InChI=1S/C22H30FN7/c1-6-25-22(27-15(2)11-19-16(3)28-29(5)17(19)4)26-13-18-7-8-21(20(23)12-18)30-10-9-24-14-30/h7-10,12,14-15H,6,11,13H2,1-5H3,(H2,25,26,27). The number of aliphatic imine (C=N–C) groups is 1. The highest BCUT2D eigenvalue weighted by Gasteiger charge is 2.14. The molecule has 0 spiro atoms. The van der Waals surface area contributed by atoms with Crippen LogP contribution in [0.15, 0.2) is 41.9 Å². The lowest BCUT2D eigenvalue weighted by molar-refractivity contribution is 0.615.